The summed E-state index contributed by atoms with van der Waals surface area (Å²) in [5.74, 6) is -17.2. The Bertz CT molecular complexity index is 5360. The number of guanidine groups is 2. The molecule has 8 rings (SSSR count). The summed E-state index contributed by atoms with van der Waals surface area (Å²) in [6, 6.07) is 26.1. The van der Waals surface area contributed by atoms with E-state index in [1.54, 1.807) is 0 Å². The summed E-state index contributed by atoms with van der Waals surface area (Å²) < 4.78 is 270. The monoisotopic (exact) mass is 1790 g/mol. The number of aliphatic carboxylic acids is 2. The van der Waals surface area contributed by atoms with E-state index in [4.69, 9.17) is 71.0 Å². The largest absolute Gasteiger partial charge is 0.478 e. The Kier molecular flexibility index (Phi) is 35.5. The van der Waals surface area contributed by atoms with Gasteiger partial charge in [0.1, 0.15) is 23.0 Å². The first kappa shape index (κ1) is 96.8. The summed E-state index contributed by atoms with van der Waals surface area (Å²) in [5.41, 5.74) is 20.3. The maximum Gasteiger partial charge on any atom is 0.331 e. The topological polar surface area (TPSA) is 496 Å². The van der Waals surface area contributed by atoms with Gasteiger partial charge in [-0.2, -0.15) is 9.98 Å². The van der Waals surface area contributed by atoms with Gasteiger partial charge in [0.2, 0.25) is 40.1 Å². The fraction of sp³-hybridized carbons (Fsp3) is 0.205. The van der Waals surface area contributed by atoms with Gasteiger partial charge in [0.15, 0.2) is 81.5 Å². The number of nitrogens with zero attached hydrogens (tertiary/aromatic N) is 2. The van der Waals surface area contributed by atoms with Gasteiger partial charge < -0.3 is 71.0 Å². The third-order valence-electron chi connectivity index (χ3n) is 15.7. The van der Waals surface area contributed by atoms with E-state index in [0.29, 0.717) is 0 Å². The Morgan fingerprint density at radius 3 is 0.672 bits per heavy atom. The van der Waals surface area contributed by atoms with E-state index in [1.807, 2.05) is 0 Å². The quantitative estimate of drug-likeness (QED) is 0.00559. The van der Waals surface area contributed by atoms with Crippen LogP contribution in [0.5, 0.6) is 46.0 Å². The van der Waals surface area contributed by atoms with Crippen LogP contribution in [0.25, 0.3) is 24.3 Å². The van der Waals surface area contributed by atoms with E-state index < -0.39 is 145 Å². The molecule has 0 aliphatic heterocycles. The van der Waals surface area contributed by atoms with Crippen molar-refractivity contribution in [3.63, 3.8) is 0 Å². The number of halogens is 8. The number of hydrogen-bond donors (Lipinski definition) is 10. The van der Waals surface area contributed by atoms with Crippen LogP contribution in [0.3, 0.4) is 0 Å². The number of aliphatic imine (C=N–C) groups is 2. The van der Waals surface area contributed by atoms with Gasteiger partial charge in [0, 0.05) is 48.5 Å². The maximum absolute atomic E-state index is 14.7. The van der Waals surface area contributed by atoms with Crippen LogP contribution >= 0.6 is 0 Å². The van der Waals surface area contributed by atoms with Crippen molar-refractivity contribution in [2.75, 3.05) is 79.0 Å². The van der Waals surface area contributed by atoms with Crippen LogP contribution in [0.4, 0.5) is 35.1 Å². The first-order chi connectivity index (χ1) is 57.5. The van der Waals surface area contributed by atoms with Crippen molar-refractivity contribution in [1.29, 1.82) is 0 Å². The summed E-state index contributed by atoms with van der Waals surface area (Å²) in [6.07, 6.45) is 4.51. The van der Waals surface area contributed by atoms with Crippen LogP contribution in [0.2, 0.25) is 0 Å². The lowest BCUT2D eigenvalue weighted by atomic mass is 10.1. The van der Waals surface area contributed by atoms with Gasteiger partial charge in [0.25, 0.3) is 11.8 Å². The van der Waals surface area contributed by atoms with Gasteiger partial charge in [-0.1, -0.05) is 0 Å². The van der Waals surface area contributed by atoms with Crippen molar-refractivity contribution in [2.24, 2.45) is 32.9 Å². The number of carboxylic acids is 2. The summed E-state index contributed by atoms with van der Waals surface area (Å²) in [5, 5.41) is 17.9. The molecule has 0 fully saturated rings. The van der Waals surface area contributed by atoms with E-state index in [0.717, 1.165) is 109 Å². The molecule has 0 atom stereocenters. The van der Waals surface area contributed by atoms with Crippen LogP contribution in [0.15, 0.2) is 197 Å². The van der Waals surface area contributed by atoms with Gasteiger partial charge in [-0.15, -0.1) is 0 Å². The second-order valence-electron chi connectivity index (χ2n) is 25.2. The smallest absolute Gasteiger partial charge is 0.331 e. The summed E-state index contributed by atoms with van der Waals surface area (Å²) in [7, 11) is -16.0. The molecule has 32 nitrogen and oxygen atoms in total. The molecule has 0 saturated heterocycles. The second-order valence-corrected chi connectivity index (χ2v) is 32.3. The molecule has 0 radical (unpaired) electrons. The lowest BCUT2D eigenvalue weighted by Gasteiger charge is -2.11. The summed E-state index contributed by atoms with van der Waals surface area (Å²) >= 11 is 0. The van der Waals surface area contributed by atoms with E-state index in [1.165, 1.54) is 88.4 Å². The molecular formula is C78H78F8N10O22S4. The number of sulfonamides is 4. The molecule has 8 aromatic carbocycles. The molecule has 8 aromatic rings. The van der Waals surface area contributed by atoms with Crippen LogP contribution < -0.4 is 60.8 Å². The summed E-state index contributed by atoms with van der Waals surface area (Å²) in [6.45, 7) is 4.74. The number of carbonyl (C=O) groups excluding carboxylic acids is 2. The Morgan fingerprint density at radius 2 is 0.500 bits per heavy atom. The maximum atomic E-state index is 14.7. The van der Waals surface area contributed by atoms with Crippen molar-refractivity contribution < 1.29 is 136 Å². The van der Waals surface area contributed by atoms with Crippen LogP contribution in [0.1, 0.15) is 49.9 Å². The molecule has 0 unspecified atom stereocenters. The molecule has 0 spiro atoms. The minimum Gasteiger partial charge on any atom is -0.478 e. The number of carbonyl (C=O) groups is 4. The predicted octanol–water partition coefficient (Wildman–Crippen LogP) is 9.62. The van der Waals surface area contributed by atoms with Crippen LogP contribution in [0, 0.1) is 46.5 Å². The van der Waals surface area contributed by atoms with Gasteiger partial charge in [-0.3, -0.25) is 9.59 Å². The molecule has 14 N–H and O–H groups in total. The number of ether oxygens (including phenoxy) is 8. The van der Waals surface area contributed by atoms with Gasteiger partial charge in [-0.05, 0) is 220 Å². The molecule has 0 aliphatic carbocycles. The average molecular weight is 1790 g/mol. The number of nitrogens with two attached hydrogens (primary N) is 4. The Balaban J connectivity index is 0.000000337. The zero-order valence-electron chi connectivity index (χ0n) is 64.6. The van der Waals surface area contributed by atoms with Crippen LogP contribution in [-0.4, -0.2) is 159 Å². The van der Waals surface area contributed by atoms with Crippen molar-refractivity contribution in [1.82, 2.24) is 18.9 Å². The molecule has 0 bridgehead atoms. The minimum atomic E-state index is -4.01. The lowest BCUT2D eigenvalue weighted by molar-refractivity contribution is -0.133. The van der Waals surface area contributed by atoms with Crippen molar-refractivity contribution in [2.45, 2.75) is 47.3 Å². The minimum absolute atomic E-state index is 0.00725. The molecule has 652 valence electrons. The number of rotatable bonds is 42. The molecule has 0 heterocycles. The molecule has 2 amide bonds. The highest BCUT2D eigenvalue weighted by molar-refractivity contribution is 7.90. The predicted molar refractivity (Wildman–Crippen MR) is 427 cm³/mol. The van der Waals surface area contributed by atoms with Crippen molar-refractivity contribution in [3.8, 4) is 46.0 Å². The fourth-order valence-corrected chi connectivity index (χ4v) is 13.9. The summed E-state index contributed by atoms with van der Waals surface area (Å²) in [4.78, 5) is 51.7. The lowest BCUT2D eigenvalue weighted by Crippen LogP contribution is -2.28. The molecule has 122 heavy (non-hydrogen) atoms. The van der Waals surface area contributed by atoms with Crippen LogP contribution in [-0.2, 0) is 78.2 Å². The van der Waals surface area contributed by atoms with Gasteiger partial charge >= 0.3 is 11.9 Å². The number of carboxylic acid groups (broad SMARTS) is 2. The van der Waals surface area contributed by atoms with E-state index in [-0.39, 0.29) is 166 Å². The molecule has 0 aromatic heterocycles. The number of amides is 2. The van der Waals surface area contributed by atoms with Gasteiger partial charge in [-0.25, -0.2) is 97.3 Å². The number of benzene rings is 8. The van der Waals surface area contributed by atoms with Crippen molar-refractivity contribution >= 4 is 100 Å². The third kappa shape index (κ3) is 30.1. The number of nitrogens with one attached hydrogen (secondary N) is 4. The Labute approximate surface area is 693 Å². The molecule has 0 aliphatic rings. The SMILES string of the molecule is C/C(=C\c1cc(F)c(Oc2ccc(S(=O)(=O)NCCOCCOCCNS(=O)(=O)c3ccc(Oc4c(F)cc(/C=C(\C)C(=O)N=C(N)N)cc4F)cc3)cc2)c(F)c1)C(=O)N=C(N)N.C/C(=C\c1cc(F)c(Oc2ccc(S(=O)(=O)NCCOCCOCCNS(=O)(=O)c3ccc(Oc4c(F)cc(/C=C(\C)C(=O)O)cc4F)cc3)cc2)c(F)c1)C(=O)O. The normalized spacial score (nSPS) is 12.2. The second kappa shape index (κ2) is 44.8. The van der Waals surface area contributed by atoms with Crippen molar-refractivity contribution in [3.05, 3.63) is 237 Å². The third-order valence-corrected chi connectivity index (χ3v) is 21.6. The highest BCUT2D eigenvalue weighted by atomic mass is 32.2. The number of hydrogen-bond acceptors (Lipinski definition) is 20. The van der Waals surface area contributed by atoms with E-state index >= 15 is 0 Å². The zero-order valence-corrected chi connectivity index (χ0v) is 67.8. The highest BCUT2D eigenvalue weighted by Crippen LogP contribution is 2.35. The molecule has 0 saturated carbocycles. The fourth-order valence-electron chi connectivity index (χ4n) is 9.89. The molecule has 44 heteroatoms. The van der Waals surface area contributed by atoms with Gasteiger partial charge in [0.05, 0.1) is 72.4 Å². The average Bonchev–Trinajstić information content (AvgIpc) is 0.824. The molecular weight excluding hydrogens is 1710 g/mol. The first-order valence-electron chi connectivity index (χ1n) is 35.4. The Morgan fingerprint density at radius 1 is 0.320 bits per heavy atom. The standard InChI is InChI=1S/C40H42F4N8O10S2.C38H36F4N2O12S2/c1-23(37(53)51-39(45)46)17-25-19-31(41)35(32(42)20-25)61-27-3-7-29(8-4-27)63(55,56)49-11-13-59-15-16-60-14-12-50-64(57,58)30-9-5-28(6-10-30)62-36-33(43)21-26(22-34(36)44)18-24(2)38(54)52-40(47)48;1-23(37(45)46)17-25-19-31(39)35(32(40)20-25)55-27-3-7-29(8-4-27)57(49,50)43-11-13-53-15-16-54-14-12-44-58(51,52)30-9-5-28(6-10-30)56-36-33(41)21-26(22-34(36)42)18-24(2)38(47)48/h3-10,17-22,49-50H,11-16H2,1-2H3,(H4,45,46,51,53)(H4,47,48,52,54);3-10,17-22,43-44H,11-16H2,1-2H3,(H,45,46)(H,47,48)/b2*23-17+,24-18+. The zero-order chi connectivity index (χ0) is 89.8. The van der Waals surface area contributed by atoms with E-state index in [2.05, 4.69) is 28.9 Å². The first-order valence-corrected chi connectivity index (χ1v) is 41.3. The van der Waals surface area contributed by atoms with E-state index in [9.17, 15) is 88.0 Å². The Hall–Kier alpha value is -12.3. The highest BCUT2D eigenvalue weighted by Gasteiger charge is 2.24.